The van der Waals surface area contributed by atoms with Crippen LogP contribution in [0.4, 0.5) is 0 Å². The van der Waals surface area contributed by atoms with Crippen LogP contribution in [0.2, 0.25) is 0 Å². The van der Waals surface area contributed by atoms with E-state index in [1.54, 1.807) is 0 Å². The predicted molar refractivity (Wildman–Crippen MR) is 62.1 cm³/mol. The lowest BCUT2D eigenvalue weighted by Crippen LogP contribution is -1.95. The Labute approximate surface area is 86.0 Å². The highest BCUT2D eigenvalue weighted by Gasteiger charge is 2.06. The third kappa shape index (κ3) is 1.79. The number of hydrogen-bond donors (Lipinski definition) is 0. The Morgan fingerprint density at radius 1 is 1.21 bits per heavy atom. The minimum absolute atomic E-state index is 0.697. The topological polar surface area (TPSA) is 0 Å². The van der Waals surface area contributed by atoms with Crippen molar-refractivity contribution in [1.29, 1.82) is 0 Å². The molecule has 14 heavy (non-hydrogen) atoms. The Kier molecular flexibility index (Phi) is 2.53. The summed E-state index contributed by atoms with van der Waals surface area (Å²) in [6.45, 7) is 4.42. The van der Waals surface area contributed by atoms with Crippen LogP contribution in [0, 0.1) is 12.8 Å². The van der Waals surface area contributed by atoms with Gasteiger partial charge in [-0.15, -0.1) is 0 Å². The molecule has 0 heteroatoms. The summed E-state index contributed by atoms with van der Waals surface area (Å²) in [5, 5.41) is 0. The largest absolute Gasteiger partial charge is 0.0808 e. The number of allylic oxidation sites excluding steroid dienone is 4. The van der Waals surface area contributed by atoms with Crippen LogP contribution in [0.5, 0.6) is 0 Å². The molecule has 0 fully saturated rings. The van der Waals surface area contributed by atoms with Crippen LogP contribution < -0.4 is 0 Å². The zero-order valence-corrected chi connectivity index (χ0v) is 8.83. The van der Waals surface area contributed by atoms with Crippen LogP contribution in [0.1, 0.15) is 24.5 Å². The maximum absolute atomic E-state index is 2.34. The number of hydrogen-bond acceptors (Lipinski definition) is 0. The van der Waals surface area contributed by atoms with Crippen molar-refractivity contribution in [3.63, 3.8) is 0 Å². The molecule has 0 saturated heterocycles. The lowest BCUT2D eigenvalue weighted by molar-refractivity contribution is 0.739. The fourth-order valence-corrected chi connectivity index (χ4v) is 1.82. The molecule has 0 nitrogen and oxygen atoms in total. The average molecular weight is 184 g/mol. The molecule has 0 amide bonds. The van der Waals surface area contributed by atoms with E-state index in [-0.39, 0.29) is 0 Å². The van der Waals surface area contributed by atoms with Gasteiger partial charge in [-0.05, 0) is 36.0 Å². The highest BCUT2D eigenvalue weighted by Crippen LogP contribution is 2.25. The van der Waals surface area contributed by atoms with Crippen molar-refractivity contribution >= 4 is 5.57 Å². The van der Waals surface area contributed by atoms with Crippen molar-refractivity contribution in [3.8, 4) is 0 Å². The van der Waals surface area contributed by atoms with Gasteiger partial charge in [0.25, 0.3) is 0 Å². The predicted octanol–water partition coefficient (Wildman–Crippen LogP) is 3.97. The van der Waals surface area contributed by atoms with Gasteiger partial charge in [-0.2, -0.15) is 0 Å². The van der Waals surface area contributed by atoms with Gasteiger partial charge < -0.3 is 0 Å². The van der Waals surface area contributed by atoms with Crippen LogP contribution in [0.25, 0.3) is 5.57 Å². The zero-order chi connectivity index (χ0) is 9.97. The third-order valence-electron chi connectivity index (χ3n) is 2.77. The van der Waals surface area contributed by atoms with Crippen molar-refractivity contribution in [2.24, 2.45) is 5.92 Å². The van der Waals surface area contributed by atoms with E-state index in [1.807, 2.05) is 0 Å². The number of benzene rings is 1. The summed E-state index contributed by atoms with van der Waals surface area (Å²) < 4.78 is 0. The van der Waals surface area contributed by atoms with E-state index in [0.717, 1.165) is 0 Å². The van der Waals surface area contributed by atoms with E-state index < -0.39 is 0 Å². The molecule has 72 valence electrons. The minimum atomic E-state index is 0.697. The molecule has 1 unspecified atom stereocenters. The minimum Gasteiger partial charge on any atom is -0.0808 e. The fourth-order valence-electron chi connectivity index (χ4n) is 1.82. The van der Waals surface area contributed by atoms with Crippen LogP contribution in [0.15, 0.2) is 42.5 Å². The molecular weight excluding hydrogens is 168 g/mol. The first kappa shape index (κ1) is 9.26. The third-order valence-corrected chi connectivity index (χ3v) is 2.77. The average Bonchev–Trinajstić information content (AvgIpc) is 2.20. The maximum atomic E-state index is 2.34. The maximum Gasteiger partial charge on any atom is -0.0158 e. The van der Waals surface area contributed by atoms with E-state index in [1.165, 1.54) is 23.1 Å². The van der Waals surface area contributed by atoms with Crippen LogP contribution in [-0.4, -0.2) is 0 Å². The monoisotopic (exact) mass is 184 g/mol. The smallest absolute Gasteiger partial charge is 0.0158 e. The van der Waals surface area contributed by atoms with Crippen molar-refractivity contribution in [2.75, 3.05) is 0 Å². The van der Waals surface area contributed by atoms with Crippen molar-refractivity contribution in [3.05, 3.63) is 53.6 Å². The highest BCUT2D eigenvalue weighted by molar-refractivity contribution is 5.76. The highest BCUT2D eigenvalue weighted by atomic mass is 14.1. The molecule has 0 N–H and O–H groups in total. The quantitative estimate of drug-likeness (QED) is 0.619. The van der Waals surface area contributed by atoms with Crippen molar-refractivity contribution in [2.45, 2.75) is 20.3 Å². The summed E-state index contributed by atoms with van der Waals surface area (Å²) in [7, 11) is 0. The van der Waals surface area contributed by atoms with Gasteiger partial charge in [0.1, 0.15) is 0 Å². The summed E-state index contributed by atoms with van der Waals surface area (Å²) in [4.78, 5) is 0. The van der Waals surface area contributed by atoms with E-state index in [2.05, 4.69) is 56.3 Å². The lowest BCUT2D eigenvalue weighted by Gasteiger charge is -2.13. The van der Waals surface area contributed by atoms with Gasteiger partial charge in [0.2, 0.25) is 0 Å². The summed E-state index contributed by atoms with van der Waals surface area (Å²) in [6.07, 6.45) is 8.05. The molecule has 1 aliphatic carbocycles. The van der Waals surface area contributed by atoms with Crippen LogP contribution in [-0.2, 0) is 0 Å². The number of aryl methyl sites for hydroxylation is 1. The van der Waals surface area contributed by atoms with E-state index in [0.29, 0.717) is 5.92 Å². The zero-order valence-electron chi connectivity index (χ0n) is 8.83. The molecule has 1 aromatic rings. The second kappa shape index (κ2) is 3.83. The first-order chi connectivity index (χ1) is 6.77. The molecule has 0 aromatic heterocycles. The molecule has 0 radical (unpaired) electrons. The van der Waals surface area contributed by atoms with E-state index >= 15 is 0 Å². The van der Waals surface area contributed by atoms with Gasteiger partial charge in [0, 0.05) is 0 Å². The fraction of sp³-hybridized carbons (Fsp3) is 0.286. The Morgan fingerprint density at radius 3 is 2.64 bits per heavy atom. The summed E-state index contributed by atoms with van der Waals surface area (Å²) in [6, 6.07) is 8.56. The second-order valence-electron chi connectivity index (χ2n) is 4.05. The SMILES string of the molecule is Cc1ccccc1C1=CCC(C)C=C1. The molecule has 0 spiro atoms. The Bertz CT molecular complexity index is 383. The van der Waals surface area contributed by atoms with Crippen molar-refractivity contribution in [1.82, 2.24) is 0 Å². The standard InChI is InChI=1S/C14H16/c1-11-7-9-13(10-8-11)14-6-4-3-5-12(14)2/h3-7,9-11H,8H2,1-2H3. The van der Waals surface area contributed by atoms with Gasteiger partial charge in [-0.25, -0.2) is 0 Å². The van der Waals surface area contributed by atoms with Gasteiger partial charge in [-0.1, -0.05) is 49.4 Å². The molecule has 1 aliphatic rings. The number of rotatable bonds is 1. The van der Waals surface area contributed by atoms with Gasteiger partial charge in [0.15, 0.2) is 0 Å². The molecule has 0 bridgehead atoms. The first-order valence-corrected chi connectivity index (χ1v) is 5.22. The lowest BCUT2D eigenvalue weighted by atomic mass is 9.92. The van der Waals surface area contributed by atoms with Crippen LogP contribution >= 0.6 is 0 Å². The Hall–Kier alpha value is -1.30. The molecule has 0 saturated carbocycles. The normalized spacial score (nSPS) is 20.7. The molecular formula is C14H16. The van der Waals surface area contributed by atoms with Gasteiger partial charge >= 0.3 is 0 Å². The Balaban J connectivity index is 2.33. The summed E-state index contributed by atoms with van der Waals surface area (Å²) >= 11 is 0. The molecule has 0 aliphatic heterocycles. The van der Waals surface area contributed by atoms with Gasteiger partial charge in [0.05, 0.1) is 0 Å². The van der Waals surface area contributed by atoms with Crippen molar-refractivity contribution < 1.29 is 0 Å². The van der Waals surface area contributed by atoms with Gasteiger partial charge in [-0.3, -0.25) is 0 Å². The van der Waals surface area contributed by atoms with E-state index in [4.69, 9.17) is 0 Å². The summed E-state index contributed by atoms with van der Waals surface area (Å²) in [5.74, 6) is 0.697. The molecule has 1 aromatic carbocycles. The van der Waals surface area contributed by atoms with E-state index in [9.17, 15) is 0 Å². The Morgan fingerprint density at radius 2 is 2.00 bits per heavy atom. The van der Waals surface area contributed by atoms with Crippen LogP contribution in [0.3, 0.4) is 0 Å². The molecule has 0 heterocycles. The summed E-state index contributed by atoms with van der Waals surface area (Å²) in [5.41, 5.74) is 4.11. The molecule has 1 atom stereocenters. The first-order valence-electron chi connectivity index (χ1n) is 5.22. The molecule has 2 rings (SSSR count). The second-order valence-corrected chi connectivity index (χ2v) is 4.05.